The summed E-state index contributed by atoms with van der Waals surface area (Å²) in [6.45, 7) is 0. The van der Waals surface area contributed by atoms with Crippen molar-refractivity contribution in [3.63, 3.8) is 0 Å². The summed E-state index contributed by atoms with van der Waals surface area (Å²) in [5, 5.41) is 5.34. The van der Waals surface area contributed by atoms with Crippen molar-refractivity contribution in [2.24, 2.45) is 0 Å². The number of nitrogens with one attached hydrogen (secondary N) is 2. The molecular weight excluding hydrogens is 338 g/mol. The Morgan fingerprint density at radius 2 is 1.48 bits per heavy atom. The van der Waals surface area contributed by atoms with E-state index in [2.05, 4.69) is 20.6 Å². The fourth-order valence-electron chi connectivity index (χ4n) is 2.02. The minimum absolute atomic E-state index is 0.0101. The zero-order valence-corrected chi connectivity index (χ0v) is 12.5. The summed E-state index contributed by atoms with van der Waals surface area (Å²) in [5.74, 6) is -3.41. The maximum Gasteiger partial charge on any atom is 0.160 e. The van der Waals surface area contributed by atoms with Crippen molar-refractivity contribution in [2.75, 3.05) is 16.4 Å². The first kappa shape index (κ1) is 16.5. The number of benzene rings is 2. The Morgan fingerprint density at radius 1 is 0.760 bits per heavy atom. The molecule has 0 bridgehead atoms. The Kier molecular flexibility index (Phi) is 4.38. The highest BCUT2D eigenvalue weighted by Gasteiger charge is 2.12. The van der Waals surface area contributed by atoms with Crippen molar-refractivity contribution in [1.29, 1.82) is 0 Å². The van der Waals surface area contributed by atoms with Gasteiger partial charge in [0, 0.05) is 17.8 Å². The van der Waals surface area contributed by atoms with Crippen LogP contribution in [0.4, 0.5) is 46.3 Å². The van der Waals surface area contributed by atoms with Gasteiger partial charge in [-0.3, -0.25) is 0 Å². The highest BCUT2D eigenvalue weighted by molar-refractivity contribution is 5.80. The number of nitrogens with two attached hydrogens (primary N) is 1. The second-order valence-electron chi connectivity index (χ2n) is 4.99. The number of nitrogen functional groups attached to an aromatic ring is 1. The van der Waals surface area contributed by atoms with Crippen molar-refractivity contribution < 1.29 is 17.6 Å². The molecular formula is C16H11F4N5. The van der Waals surface area contributed by atoms with Crippen LogP contribution in [-0.4, -0.2) is 9.97 Å². The summed E-state index contributed by atoms with van der Waals surface area (Å²) in [7, 11) is 0. The fraction of sp³-hybridized carbons (Fsp3) is 0. The first-order valence-corrected chi connectivity index (χ1v) is 6.98. The summed E-state index contributed by atoms with van der Waals surface area (Å²) in [6, 6.07) is 6.15. The van der Waals surface area contributed by atoms with Gasteiger partial charge in [0.15, 0.2) is 23.3 Å². The number of hydrogen-bond donors (Lipinski definition) is 3. The Labute approximate surface area is 139 Å². The van der Waals surface area contributed by atoms with Crippen molar-refractivity contribution in [2.45, 2.75) is 0 Å². The van der Waals surface area contributed by atoms with Gasteiger partial charge in [-0.1, -0.05) is 0 Å². The second kappa shape index (κ2) is 6.63. The van der Waals surface area contributed by atoms with Crippen LogP contribution in [0, 0.1) is 23.3 Å². The highest BCUT2D eigenvalue weighted by atomic mass is 19.2. The van der Waals surface area contributed by atoms with E-state index < -0.39 is 23.3 Å². The molecule has 4 N–H and O–H groups in total. The van der Waals surface area contributed by atoms with E-state index in [1.54, 1.807) is 0 Å². The molecule has 0 saturated carbocycles. The average molecular weight is 349 g/mol. The quantitative estimate of drug-likeness (QED) is 0.618. The van der Waals surface area contributed by atoms with E-state index in [-0.39, 0.29) is 28.7 Å². The topological polar surface area (TPSA) is 75.9 Å². The molecule has 1 aromatic heterocycles. The van der Waals surface area contributed by atoms with E-state index in [0.29, 0.717) is 6.07 Å². The first-order valence-electron chi connectivity index (χ1n) is 6.98. The maximum atomic E-state index is 13.7. The van der Waals surface area contributed by atoms with E-state index in [0.717, 1.165) is 24.5 Å². The van der Waals surface area contributed by atoms with Crippen molar-refractivity contribution in [3.05, 3.63) is 66.0 Å². The van der Waals surface area contributed by atoms with Crippen molar-refractivity contribution in [3.8, 4) is 0 Å². The molecule has 3 aromatic rings. The van der Waals surface area contributed by atoms with Gasteiger partial charge in [0.05, 0.1) is 5.69 Å². The molecule has 0 radical (unpaired) electrons. The second-order valence-corrected chi connectivity index (χ2v) is 4.99. The molecule has 0 aliphatic carbocycles. The van der Waals surface area contributed by atoms with E-state index in [9.17, 15) is 17.6 Å². The normalized spacial score (nSPS) is 10.6. The molecule has 0 aliphatic rings. The molecule has 0 saturated heterocycles. The van der Waals surface area contributed by atoms with Crippen LogP contribution < -0.4 is 16.4 Å². The van der Waals surface area contributed by atoms with Gasteiger partial charge in [-0.05, 0) is 24.3 Å². The molecule has 25 heavy (non-hydrogen) atoms. The van der Waals surface area contributed by atoms with Gasteiger partial charge in [0.1, 0.15) is 23.6 Å². The average Bonchev–Trinajstić information content (AvgIpc) is 2.57. The van der Waals surface area contributed by atoms with Crippen LogP contribution in [0.15, 0.2) is 42.7 Å². The standard InChI is InChI=1S/C16H11F4N5/c17-8-1-4-13(12(20)5-8)25-16-14(21)15(22-7-23-16)24-9-2-3-10(18)11(19)6-9/h1-7H,21H2,(H2,22,23,24,25). The SMILES string of the molecule is Nc1c(Nc2ccc(F)c(F)c2)ncnc1Nc1ccc(F)cc1F. The molecule has 3 rings (SSSR count). The molecule has 2 aromatic carbocycles. The lowest BCUT2D eigenvalue weighted by Crippen LogP contribution is -2.06. The molecule has 1 heterocycles. The van der Waals surface area contributed by atoms with Gasteiger partial charge in [-0.2, -0.15) is 0 Å². The van der Waals surface area contributed by atoms with Crippen LogP contribution >= 0.6 is 0 Å². The molecule has 0 amide bonds. The summed E-state index contributed by atoms with van der Waals surface area (Å²) >= 11 is 0. The van der Waals surface area contributed by atoms with Gasteiger partial charge in [0.2, 0.25) is 0 Å². The minimum Gasteiger partial charge on any atom is -0.393 e. The number of anilines is 5. The molecule has 9 heteroatoms. The van der Waals surface area contributed by atoms with E-state index in [1.165, 1.54) is 12.1 Å². The van der Waals surface area contributed by atoms with Crippen LogP contribution in [0.3, 0.4) is 0 Å². The maximum absolute atomic E-state index is 13.7. The molecule has 0 spiro atoms. The predicted octanol–water partition coefficient (Wildman–Crippen LogP) is 4.10. The van der Waals surface area contributed by atoms with Crippen molar-refractivity contribution >= 4 is 28.7 Å². The van der Waals surface area contributed by atoms with Gasteiger partial charge in [0.25, 0.3) is 0 Å². The lowest BCUT2D eigenvalue weighted by atomic mass is 10.2. The number of rotatable bonds is 4. The minimum atomic E-state index is -1.04. The number of halogens is 4. The summed E-state index contributed by atoms with van der Waals surface area (Å²) in [4.78, 5) is 7.80. The summed E-state index contributed by atoms with van der Waals surface area (Å²) < 4.78 is 52.9. The number of aromatic nitrogens is 2. The smallest absolute Gasteiger partial charge is 0.160 e. The molecule has 0 atom stereocenters. The van der Waals surface area contributed by atoms with Crippen LogP contribution in [0.5, 0.6) is 0 Å². The molecule has 0 fully saturated rings. The number of nitrogens with zero attached hydrogens (tertiary/aromatic N) is 2. The molecule has 0 unspecified atom stereocenters. The summed E-state index contributed by atoms with van der Waals surface area (Å²) in [5.41, 5.74) is 6.10. The summed E-state index contributed by atoms with van der Waals surface area (Å²) in [6.07, 6.45) is 1.14. The number of hydrogen-bond acceptors (Lipinski definition) is 5. The Bertz CT molecular complexity index is 932. The van der Waals surface area contributed by atoms with Crippen LogP contribution in [0.1, 0.15) is 0 Å². The monoisotopic (exact) mass is 349 g/mol. The molecule has 5 nitrogen and oxygen atoms in total. The van der Waals surface area contributed by atoms with Gasteiger partial charge in [-0.15, -0.1) is 0 Å². The Balaban J connectivity index is 1.87. The van der Waals surface area contributed by atoms with Gasteiger partial charge in [-0.25, -0.2) is 27.5 Å². The lowest BCUT2D eigenvalue weighted by Gasteiger charge is -2.13. The zero-order chi connectivity index (χ0) is 18.0. The van der Waals surface area contributed by atoms with E-state index in [4.69, 9.17) is 5.73 Å². The van der Waals surface area contributed by atoms with E-state index in [1.807, 2.05) is 0 Å². The first-order chi connectivity index (χ1) is 11.9. The molecule has 0 aliphatic heterocycles. The molecule has 128 valence electrons. The largest absolute Gasteiger partial charge is 0.393 e. The van der Waals surface area contributed by atoms with Gasteiger partial charge < -0.3 is 16.4 Å². The van der Waals surface area contributed by atoms with Gasteiger partial charge >= 0.3 is 0 Å². The van der Waals surface area contributed by atoms with Crippen LogP contribution in [0.25, 0.3) is 0 Å². The highest BCUT2D eigenvalue weighted by Crippen LogP contribution is 2.29. The zero-order valence-electron chi connectivity index (χ0n) is 12.5. The third kappa shape index (κ3) is 3.60. The lowest BCUT2D eigenvalue weighted by molar-refractivity contribution is 0.509. The Morgan fingerprint density at radius 3 is 2.16 bits per heavy atom. The third-order valence-corrected chi connectivity index (χ3v) is 3.25. The van der Waals surface area contributed by atoms with Crippen molar-refractivity contribution in [1.82, 2.24) is 9.97 Å². The van der Waals surface area contributed by atoms with Crippen LogP contribution in [0.2, 0.25) is 0 Å². The fourth-order valence-corrected chi connectivity index (χ4v) is 2.02. The van der Waals surface area contributed by atoms with E-state index >= 15 is 0 Å². The Hall–Kier alpha value is -3.36. The van der Waals surface area contributed by atoms with Crippen LogP contribution in [-0.2, 0) is 0 Å². The third-order valence-electron chi connectivity index (χ3n) is 3.25. The predicted molar refractivity (Wildman–Crippen MR) is 85.7 cm³/mol.